The van der Waals surface area contributed by atoms with Crippen LogP contribution in [0.2, 0.25) is 0 Å². The van der Waals surface area contributed by atoms with Crippen LogP contribution in [0.1, 0.15) is 44.2 Å². The maximum absolute atomic E-state index is 5.82. The van der Waals surface area contributed by atoms with Gasteiger partial charge in [-0.25, -0.2) is 0 Å². The molecule has 0 spiro atoms. The van der Waals surface area contributed by atoms with E-state index in [2.05, 4.69) is 47.2 Å². The van der Waals surface area contributed by atoms with Crippen molar-refractivity contribution in [3.05, 3.63) is 27.7 Å². The Labute approximate surface area is 125 Å². The van der Waals surface area contributed by atoms with Crippen LogP contribution in [0, 0.1) is 0 Å². The smallest absolute Gasteiger partial charge is 0.125 e. The van der Waals surface area contributed by atoms with Crippen molar-refractivity contribution in [2.75, 3.05) is 13.2 Å². The van der Waals surface area contributed by atoms with E-state index in [-0.39, 0.29) is 0 Å². The van der Waals surface area contributed by atoms with Crippen LogP contribution in [0.4, 0.5) is 0 Å². The molecule has 2 nitrogen and oxygen atoms in total. The maximum Gasteiger partial charge on any atom is 0.125 e. The summed E-state index contributed by atoms with van der Waals surface area (Å²) in [6.45, 7) is 6.30. The molecular weight excluding hydrogens is 302 g/mol. The number of benzene rings is 1. The van der Waals surface area contributed by atoms with Crippen LogP contribution in [0.5, 0.6) is 5.75 Å². The summed E-state index contributed by atoms with van der Waals surface area (Å²) >= 11 is 3.62. The normalized spacial score (nSPS) is 15.1. The maximum atomic E-state index is 5.82. The zero-order valence-electron chi connectivity index (χ0n) is 12.0. The van der Waals surface area contributed by atoms with Crippen molar-refractivity contribution in [3.8, 4) is 5.75 Å². The monoisotopic (exact) mass is 325 g/mol. The first-order valence-electron chi connectivity index (χ1n) is 7.42. The largest absolute Gasteiger partial charge is 0.493 e. The zero-order valence-corrected chi connectivity index (χ0v) is 13.6. The molecule has 0 saturated heterocycles. The van der Waals surface area contributed by atoms with Gasteiger partial charge in [0.25, 0.3) is 0 Å². The predicted molar refractivity (Wildman–Crippen MR) is 84.0 cm³/mol. The molecule has 1 heterocycles. The van der Waals surface area contributed by atoms with Gasteiger partial charge >= 0.3 is 0 Å². The fourth-order valence-electron chi connectivity index (χ4n) is 2.78. The Morgan fingerprint density at radius 3 is 2.95 bits per heavy atom. The van der Waals surface area contributed by atoms with Crippen LogP contribution in [0.3, 0.4) is 0 Å². The molecule has 0 saturated carbocycles. The van der Waals surface area contributed by atoms with E-state index in [9.17, 15) is 0 Å². The molecule has 0 aromatic heterocycles. The van der Waals surface area contributed by atoms with Crippen LogP contribution in [0.15, 0.2) is 16.6 Å². The lowest BCUT2D eigenvalue weighted by Gasteiger charge is -2.19. The van der Waals surface area contributed by atoms with Gasteiger partial charge < -0.3 is 10.1 Å². The molecular formula is C16H24BrNO. The van der Waals surface area contributed by atoms with Crippen LogP contribution in [-0.4, -0.2) is 19.2 Å². The fourth-order valence-corrected chi connectivity index (χ4v) is 3.33. The van der Waals surface area contributed by atoms with Crippen LogP contribution >= 0.6 is 15.9 Å². The Hall–Kier alpha value is -0.540. The molecule has 1 aromatic rings. The van der Waals surface area contributed by atoms with E-state index in [4.69, 9.17) is 4.74 Å². The van der Waals surface area contributed by atoms with E-state index in [1.165, 1.54) is 34.9 Å². The third kappa shape index (κ3) is 3.96. The summed E-state index contributed by atoms with van der Waals surface area (Å²) in [6, 6.07) is 4.98. The molecule has 0 bridgehead atoms. The lowest BCUT2D eigenvalue weighted by molar-refractivity contribution is 0.350. The highest BCUT2D eigenvalue weighted by atomic mass is 79.9. The molecule has 19 heavy (non-hydrogen) atoms. The molecule has 0 fully saturated rings. The summed E-state index contributed by atoms with van der Waals surface area (Å²) < 4.78 is 7.00. The summed E-state index contributed by atoms with van der Waals surface area (Å²) in [6.07, 6.45) is 5.90. The van der Waals surface area contributed by atoms with E-state index in [0.717, 1.165) is 31.7 Å². The van der Waals surface area contributed by atoms with Crippen LogP contribution in [0.25, 0.3) is 0 Å². The Kier molecular flexibility index (Phi) is 5.71. The second kappa shape index (κ2) is 7.30. The van der Waals surface area contributed by atoms with Crippen molar-refractivity contribution in [2.24, 2.45) is 0 Å². The van der Waals surface area contributed by atoms with E-state index >= 15 is 0 Å². The van der Waals surface area contributed by atoms with E-state index < -0.39 is 0 Å². The molecule has 3 heteroatoms. The fraction of sp³-hybridized carbons (Fsp3) is 0.625. The number of ether oxygens (including phenoxy) is 1. The number of unbranched alkanes of at least 4 members (excludes halogenated alkanes) is 1. The van der Waals surface area contributed by atoms with Crippen molar-refractivity contribution in [1.29, 1.82) is 0 Å². The number of hydrogen-bond acceptors (Lipinski definition) is 2. The van der Waals surface area contributed by atoms with Crippen molar-refractivity contribution in [3.63, 3.8) is 0 Å². The Balaban J connectivity index is 2.12. The number of fused-ring (bicyclic) bond motifs is 1. The number of rotatable bonds is 7. The van der Waals surface area contributed by atoms with Gasteiger partial charge in [-0.15, -0.1) is 0 Å². The molecule has 1 aliphatic heterocycles. The lowest BCUT2D eigenvalue weighted by atomic mass is 9.98. The highest BCUT2D eigenvalue weighted by Gasteiger charge is 2.19. The summed E-state index contributed by atoms with van der Waals surface area (Å²) in [7, 11) is 0. The molecule has 0 aliphatic carbocycles. The molecule has 1 unspecified atom stereocenters. The highest BCUT2D eigenvalue weighted by molar-refractivity contribution is 9.10. The third-order valence-electron chi connectivity index (χ3n) is 3.69. The van der Waals surface area contributed by atoms with Crippen LogP contribution < -0.4 is 10.1 Å². The Bertz CT molecular complexity index is 419. The quantitative estimate of drug-likeness (QED) is 0.815. The molecule has 1 aliphatic rings. The first-order chi connectivity index (χ1) is 9.24. The van der Waals surface area contributed by atoms with Gasteiger partial charge in [-0.2, -0.15) is 0 Å². The average molecular weight is 326 g/mol. The van der Waals surface area contributed by atoms with Gasteiger partial charge in [0.15, 0.2) is 0 Å². The standard InChI is InChI=1S/C16H24BrNO/c1-3-5-6-15(18-4-2)11-13-10-14(17)9-12-7-8-19-16(12)13/h9-10,15,18H,3-8,11H2,1-2H3. The molecule has 1 atom stereocenters. The Morgan fingerprint density at radius 2 is 2.21 bits per heavy atom. The summed E-state index contributed by atoms with van der Waals surface area (Å²) in [5.41, 5.74) is 2.71. The summed E-state index contributed by atoms with van der Waals surface area (Å²) in [5.74, 6) is 1.14. The molecule has 1 aromatic carbocycles. The second-order valence-corrected chi connectivity index (χ2v) is 6.17. The SMILES string of the molecule is CCCCC(Cc1cc(Br)cc2c1OCC2)NCC. The minimum Gasteiger partial charge on any atom is -0.493 e. The molecule has 0 amide bonds. The van der Waals surface area contributed by atoms with Gasteiger partial charge in [0, 0.05) is 16.9 Å². The summed E-state index contributed by atoms with van der Waals surface area (Å²) in [5, 5.41) is 3.61. The van der Waals surface area contributed by atoms with Gasteiger partial charge in [-0.3, -0.25) is 0 Å². The third-order valence-corrected chi connectivity index (χ3v) is 4.15. The van der Waals surface area contributed by atoms with E-state index in [1.54, 1.807) is 0 Å². The number of halogens is 1. The second-order valence-electron chi connectivity index (χ2n) is 5.25. The minimum absolute atomic E-state index is 0.563. The van der Waals surface area contributed by atoms with Gasteiger partial charge in [-0.1, -0.05) is 42.6 Å². The first kappa shape index (κ1) is 14.9. The first-order valence-corrected chi connectivity index (χ1v) is 8.21. The van der Waals surface area contributed by atoms with Crippen molar-refractivity contribution in [1.82, 2.24) is 5.32 Å². The average Bonchev–Trinajstić information content (AvgIpc) is 2.84. The highest BCUT2D eigenvalue weighted by Crippen LogP contribution is 2.34. The van der Waals surface area contributed by atoms with E-state index in [1.807, 2.05) is 0 Å². The predicted octanol–water partition coefficient (Wildman–Crippen LogP) is 4.09. The minimum atomic E-state index is 0.563. The molecule has 1 N–H and O–H groups in total. The number of nitrogens with one attached hydrogen (secondary N) is 1. The zero-order chi connectivity index (χ0) is 13.7. The number of likely N-dealkylation sites (N-methyl/N-ethyl adjacent to an activating group) is 1. The van der Waals surface area contributed by atoms with Gasteiger partial charge in [0.05, 0.1) is 6.61 Å². The van der Waals surface area contributed by atoms with Crippen LogP contribution in [-0.2, 0) is 12.8 Å². The summed E-state index contributed by atoms with van der Waals surface area (Å²) in [4.78, 5) is 0. The lowest BCUT2D eigenvalue weighted by Crippen LogP contribution is -2.31. The Morgan fingerprint density at radius 1 is 1.37 bits per heavy atom. The number of hydrogen-bond donors (Lipinski definition) is 1. The van der Waals surface area contributed by atoms with Crippen molar-refractivity contribution < 1.29 is 4.74 Å². The van der Waals surface area contributed by atoms with Gasteiger partial charge in [0.1, 0.15) is 5.75 Å². The molecule has 106 valence electrons. The van der Waals surface area contributed by atoms with Crippen molar-refractivity contribution >= 4 is 15.9 Å². The topological polar surface area (TPSA) is 21.3 Å². The van der Waals surface area contributed by atoms with Gasteiger partial charge in [0.2, 0.25) is 0 Å². The molecule has 2 rings (SSSR count). The van der Waals surface area contributed by atoms with E-state index in [0.29, 0.717) is 6.04 Å². The molecule has 0 radical (unpaired) electrons. The van der Waals surface area contributed by atoms with Crippen molar-refractivity contribution in [2.45, 2.75) is 52.0 Å². The van der Waals surface area contributed by atoms with Gasteiger partial charge in [-0.05, 0) is 42.6 Å².